The van der Waals surface area contributed by atoms with Gasteiger partial charge in [-0.2, -0.15) is 0 Å². The average molecular weight is 211 g/mol. The highest BCUT2D eigenvalue weighted by atomic mass is 31.2. The molecule has 0 bridgehead atoms. The number of carboxylic acid groups (broad SMARTS) is 4. The van der Waals surface area contributed by atoms with Gasteiger partial charge >= 0.3 is 30.1 Å². The van der Waals surface area contributed by atoms with Crippen LogP contribution in [-0.2, 0) is 0 Å². The molecule has 0 heterocycles. The molecule has 9 heteroatoms. The molecule has 0 amide bonds. The molecule has 0 saturated carbocycles. The number of rotatable bonds is 4. The van der Waals surface area contributed by atoms with E-state index in [0.717, 1.165) is 0 Å². The molecule has 0 unspecified atom stereocenters. The van der Waals surface area contributed by atoms with E-state index in [2.05, 4.69) is 0 Å². The summed E-state index contributed by atoms with van der Waals surface area (Å²) in [5.41, 5.74) is -9.39. The Bertz CT molecular complexity index is 231. The van der Waals surface area contributed by atoms with Crippen molar-refractivity contribution < 1.29 is 39.6 Å². The first-order chi connectivity index (χ1) is 5.77. The van der Waals surface area contributed by atoms with Crippen LogP contribution in [0.5, 0.6) is 0 Å². The van der Waals surface area contributed by atoms with Crippen LogP contribution in [0.25, 0.3) is 0 Å². The summed E-state index contributed by atoms with van der Waals surface area (Å²) in [6, 6.07) is 0. The van der Waals surface area contributed by atoms with Gasteiger partial charge in [0, 0.05) is 0 Å². The molecule has 0 spiro atoms. The molecule has 0 aliphatic heterocycles. The van der Waals surface area contributed by atoms with Crippen molar-refractivity contribution in [3.63, 3.8) is 0 Å². The molecule has 4 N–H and O–H groups in total. The van der Waals surface area contributed by atoms with Crippen LogP contribution in [-0.4, -0.2) is 43.3 Å². The molecule has 0 rings (SSSR count). The summed E-state index contributed by atoms with van der Waals surface area (Å²) in [4.78, 5) is 41.0. The molecule has 0 aromatic rings. The summed E-state index contributed by atoms with van der Waals surface area (Å²) in [6.45, 7) is 0. The summed E-state index contributed by atoms with van der Waals surface area (Å²) < 4.78 is 0. The fraction of sp³-hybridized carbons (Fsp3) is 0. The fourth-order valence-corrected chi connectivity index (χ4v) is 1.47. The summed E-state index contributed by atoms with van der Waals surface area (Å²) in [5.74, 6) is 0. The Balaban J connectivity index is 5.60. The Morgan fingerprint density at radius 2 is 0.769 bits per heavy atom. The maximum Gasteiger partial charge on any atom is 0.486 e. The minimum atomic E-state index is -5.12. The molecule has 13 heavy (non-hydrogen) atoms. The van der Waals surface area contributed by atoms with Crippen LogP contribution in [0.15, 0.2) is 0 Å². The van der Waals surface area contributed by atoms with Gasteiger partial charge in [-0.3, -0.25) is 0 Å². The van der Waals surface area contributed by atoms with Crippen LogP contribution < -0.4 is 0 Å². The van der Waals surface area contributed by atoms with E-state index in [1.807, 2.05) is 0 Å². The summed E-state index contributed by atoms with van der Waals surface area (Å²) in [7, 11) is -5.12. The molecule has 0 aromatic heterocycles. The van der Waals surface area contributed by atoms with Crippen molar-refractivity contribution in [2.75, 3.05) is 0 Å². The van der Waals surface area contributed by atoms with Gasteiger partial charge in [-0.25, -0.2) is 19.2 Å². The van der Waals surface area contributed by atoms with Gasteiger partial charge in [0.2, 0.25) is 0 Å². The van der Waals surface area contributed by atoms with Gasteiger partial charge in [0.25, 0.3) is 0 Å². The molecule has 0 aromatic carbocycles. The zero-order valence-electron chi connectivity index (χ0n) is 5.87. The highest BCUT2D eigenvalue weighted by molar-refractivity contribution is 8.24. The third kappa shape index (κ3) is 1.43. The van der Waals surface area contributed by atoms with Crippen molar-refractivity contribution in [1.82, 2.24) is 0 Å². The lowest BCUT2D eigenvalue weighted by Crippen LogP contribution is -2.25. The second kappa shape index (κ2) is 3.36. The fourth-order valence-electron chi connectivity index (χ4n) is 0.491. The average Bonchev–Trinajstić information content (AvgIpc) is 1.82. The Morgan fingerprint density at radius 1 is 0.615 bits per heavy atom. The van der Waals surface area contributed by atoms with E-state index in [1.54, 1.807) is 0 Å². The lowest BCUT2D eigenvalue weighted by Gasteiger charge is -2.02. The van der Waals surface area contributed by atoms with Gasteiger partial charge in [0.05, 0.1) is 0 Å². The third-order valence-electron chi connectivity index (χ3n) is 1.15. The lowest BCUT2D eigenvalue weighted by molar-refractivity contribution is 0.202. The van der Waals surface area contributed by atoms with Gasteiger partial charge in [0.15, 0.2) is 0 Å². The summed E-state index contributed by atoms with van der Waals surface area (Å²) in [5, 5.41) is 33.0. The second-order valence-corrected chi connectivity index (χ2v) is 4.67. The minimum Gasteiger partial charge on any atom is -0.450 e. The predicted molar refractivity (Wildman–Crippen MR) is 39.0 cm³/mol. The van der Waals surface area contributed by atoms with E-state index in [4.69, 9.17) is 20.4 Å². The molecule has 0 aliphatic carbocycles. The topological polar surface area (TPSA) is 149 Å². The van der Waals surface area contributed by atoms with Crippen LogP contribution >= 0.6 is 7.26 Å². The first-order valence-corrected chi connectivity index (χ1v) is 4.39. The third-order valence-corrected chi connectivity index (χ3v) is 3.44. The van der Waals surface area contributed by atoms with Crippen molar-refractivity contribution in [3.05, 3.63) is 0 Å². The van der Waals surface area contributed by atoms with Crippen LogP contribution in [0.4, 0.5) is 19.2 Å². The smallest absolute Gasteiger partial charge is 0.450 e. The van der Waals surface area contributed by atoms with Crippen molar-refractivity contribution in [2.24, 2.45) is 0 Å². The normalized spacial score (nSPS) is 10.5. The highest BCUT2D eigenvalue weighted by Gasteiger charge is 2.74. The van der Waals surface area contributed by atoms with Gasteiger partial charge in [-0.05, 0) is 0 Å². The Kier molecular flexibility index (Phi) is 2.92. The first kappa shape index (κ1) is 11.3. The predicted octanol–water partition coefficient (Wildman–Crippen LogP) is 1.72. The van der Waals surface area contributed by atoms with E-state index in [1.165, 1.54) is 0 Å². The molecule has 0 radical (unpaired) electrons. The molecule has 0 saturated heterocycles. The highest BCUT2D eigenvalue weighted by Crippen LogP contribution is 2.61. The first-order valence-electron chi connectivity index (χ1n) is 2.61. The molecule has 8 nitrogen and oxygen atoms in total. The van der Waals surface area contributed by atoms with Gasteiger partial charge in [-0.15, -0.1) is 0 Å². The maximum absolute atomic E-state index is 10.3. The van der Waals surface area contributed by atoms with E-state index < -0.39 is 30.1 Å². The molecule has 0 fully saturated rings. The van der Waals surface area contributed by atoms with E-state index in [-0.39, 0.29) is 0 Å². The summed E-state index contributed by atoms with van der Waals surface area (Å²) >= 11 is 0. The zero-order chi connectivity index (χ0) is 10.8. The number of hydrogen-bond donors (Lipinski definition) is 4. The number of hydrogen-bond acceptors (Lipinski definition) is 4. The lowest BCUT2D eigenvalue weighted by atomic mass is 11.5. The standard InChI is InChI=1S/C4H3O8P/c5-1(6)13(2(7)8,3(9)10)4(11)12/h(H3-,5,6,7,8,9,10,11,12)/p+1. The molecular weight excluding hydrogens is 207 g/mol. The molecular formula is C4H4O8P+. The van der Waals surface area contributed by atoms with Crippen molar-refractivity contribution in [3.8, 4) is 0 Å². The van der Waals surface area contributed by atoms with Crippen LogP contribution in [0.1, 0.15) is 0 Å². The van der Waals surface area contributed by atoms with Crippen LogP contribution in [0.3, 0.4) is 0 Å². The van der Waals surface area contributed by atoms with Crippen molar-refractivity contribution in [2.45, 2.75) is 0 Å². The second-order valence-electron chi connectivity index (χ2n) is 1.80. The largest absolute Gasteiger partial charge is 0.486 e. The van der Waals surface area contributed by atoms with Crippen molar-refractivity contribution in [1.29, 1.82) is 0 Å². The molecule has 72 valence electrons. The Labute approximate surface area is 70.7 Å². The van der Waals surface area contributed by atoms with Crippen LogP contribution in [0.2, 0.25) is 0 Å². The van der Waals surface area contributed by atoms with Gasteiger partial charge in [0.1, 0.15) is 0 Å². The van der Waals surface area contributed by atoms with Gasteiger partial charge < -0.3 is 20.4 Å². The summed E-state index contributed by atoms with van der Waals surface area (Å²) in [6.07, 6.45) is 0. The van der Waals surface area contributed by atoms with E-state index >= 15 is 0 Å². The Morgan fingerprint density at radius 3 is 0.769 bits per heavy atom. The minimum absolute atomic E-state index is 2.35. The SMILES string of the molecule is O=C(O)[P+](C(=O)O)(C(=O)O)C(=O)O. The van der Waals surface area contributed by atoms with E-state index in [9.17, 15) is 19.2 Å². The quantitative estimate of drug-likeness (QED) is 0.513. The number of carbonyl (C=O) groups is 4. The van der Waals surface area contributed by atoms with E-state index in [0.29, 0.717) is 0 Å². The Hall–Kier alpha value is -1.69. The van der Waals surface area contributed by atoms with Crippen molar-refractivity contribution >= 4 is 30.1 Å². The monoisotopic (exact) mass is 211 g/mol. The molecule has 0 atom stereocenters. The molecule has 0 aliphatic rings. The maximum atomic E-state index is 10.3. The van der Waals surface area contributed by atoms with Crippen LogP contribution in [0, 0.1) is 0 Å². The zero-order valence-corrected chi connectivity index (χ0v) is 6.76. The van der Waals surface area contributed by atoms with Gasteiger partial charge in [-0.1, -0.05) is 0 Å².